The molecule has 0 saturated carbocycles. The molecule has 2 N–H and O–H groups in total. The molecule has 16 heavy (non-hydrogen) atoms. The van der Waals surface area contributed by atoms with Gasteiger partial charge >= 0.3 is 0 Å². The van der Waals surface area contributed by atoms with Crippen LogP contribution in [0.2, 0.25) is 0 Å². The topological polar surface area (TPSA) is 61.0 Å². The van der Waals surface area contributed by atoms with E-state index in [1.165, 1.54) is 0 Å². The van der Waals surface area contributed by atoms with E-state index in [1.807, 2.05) is 24.3 Å². The number of halogens is 1. The van der Waals surface area contributed by atoms with Gasteiger partial charge in [-0.1, -0.05) is 12.1 Å². The second kappa shape index (κ2) is 4.65. The molecule has 1 aromatic carbocycles. The molecular weight excluding hydrogens is 317 g/mol. The first-order valence-corrected chi connectivity index (χ1v) is 5.71. The lowest BCUT2D eigenvalue weighted by atomic mass is 10.1. The van der Waals surface area contributed by atoms with Crippen molar-refractivity contribution in [3.05, 3.63) is 34.2 Å². The van der Waals surface area contributed by atoms with Gasteiger partial charge in [0.1, 0.15) is 9.45 Å². The van der Waals surface area contributed by atoms with Crippen LogP contribution in [0.5, 0.6) is 5.75 Å². The summed E-state index contributed by atoms with van der Waals surface area (Å²) in [5.41, 5.74) is 7.37. The first-order valence-electron chi connectivity index (χ1n) is 4.63. The smallest absolute Gasteiger partial charge is 0.155 e. The summed E-state index contributed by atoms with van der Waals surface area (Å²) >= 11 is 2.06. The van der Waals surface area contributed by atoms with Crippen LogP contribution in [0.25, 0.3) is 11.3 Å². The van der Waals surface area contributed by atoms with Gasteiger partial charge < -0.3 is 10.5 Å². The van der Waals surface area contributed by atoms with Gasteiger partial charge in [0.2, 0.25) is 0 Å². The summed E-state index contributed by atoms with van der Waals surface area (Å²) < 4.78 is 5.86. The highest BCUT2D eigenvalue weighted by Gasteiger charge is 2.04. The molecular formula is C11H10IN3O. The van der Waals surface area contributed by atoms with Gasteiger partial charge in [-0.2, -0.15) is 0 Å². The molecule has 0 aliphatic heterocycles. The van der Waals surface area contributed by atoms with Crippen LogP contribution in [0, 0.1) is 3.70 Å². The molecule has 0 unspecified atom stereocenters. The molecule has 0 fully saturated rings. The Kier molecular flexibility index (Phi) is 3.23. The molecule has 1 heterocycles. The minimum absolute atomic E-state index is 0.451. The first kappa shape index (κ1) is 11.1. The molecule has 0 bridgehead atoms. The number of benzene rings is 1. The fourth-order valence-corrected chi connectivity index (χ4v) is 1.70. The fourth-order valence-electron chi connectivity index (χ4n) is 1.30. The quantitative estimate of drug-likeness (QED) is 0.860. The Bertz CT molecular complexity index is 516. The Hall–Kier alpha value is -1.37. The third-order valence-corrected chi connectivity index (χ3v) is 2.92. The monoisotopic (exact) mass is 327 g/mol. The molecule has 0 atom stereocenters. The Morgan fingerprint density at radius 1 is 1.38 bits per heavy atom. The average Bonchev–Trinajstić information content (AvgIpc) is 2.33. The Labute approximate surface area is 107 Å². The maximum absolute atomic E-state index is 5.62. The van der Waals surface area contributed by atoms with Crippen LogP contribution in [-0.4, -0.2) is 17.1 Å². The molecule has 0 aliphatic rings. The predicted molar refractivity (Wildman–Crippen MR) is 71.1 cm³/mol. The van der Waals surface area contributed by atoms with Crippen LogP contribution in [0.15, 0.2) is 30.5 Å². The third-order valence-electron chi connectivity index (χ3n) is 2.12. The van der Waals surface area contributed by atoms with Crippen molar-refractivity contribution < 1.29 is 4.74 Å². The Morgan fingerprint density at radius 3 is 2.88 bits per heavy atom. The number of ether oxygens (including phenoxy) is 1. The largest absolute Gasteiger partial charge is 0.497 e. The summed E-state index contributed by atoms with van der Waals surface area (Å²) in [5, 5.41) is 0. The van der Waals surface area contributed by atoms with Crippen molar-refractivity contribution in [1.82, 2.24) is 9.97 Å². The average molecular weight is 327 g/mol. The number of rotatable bonds is 2. The second-order valence-corrected chi connectivity index (χ2v) is 4.19. The Morgan fingerprint density at radius 2 is 2.19 bits per heavy atom. The van der Waals surface area contributed by atoms with Crippen molar-refractivity contribution in [3.63, 3.8) is 0 Å². The maximum Gasteiger partial charge on any atom is 0.155 e. The normalized spacial score (nSPS) is 10.1. The Balaban J connectivity index is 2.46. The van der Waals surface area contributed by atoms with Gasteiger partial charge in [0.25, 0.3) is 0 Å². The molecule has 0 spiro atoms. The standard InChI is InChI=1S/C11H10IN3O/c1-16-8-4-2-3-7(5-8)9-6-14-11(13)10(12)15-9/h2-6H,1H3,(H2,13,14). The number of aromatic nitrogens is 2. The molecule has 2 rings (SSSR count). The lowest BCUT2D eigenvalue weighted by Gasteiger charge is -2.04. The highest BCUT2D eigenvalue weighted by Crippen LogP contribution is 2.23. The van der Waals surface area contributed by atoms with E-state index < -0.39 is 0 Å². The van der Waals surface area contributed by atoms with Gasteiger partial charge in [-0.05, 0) is 34.7 Å². The minimum Gasteiger partial charge on any atom is -0.497 e. The zero-order valence-corrected chi connectivity index (χ0v) is 10.8. The number of methoxy groups -OCH3 is 1. The molecule has 82 valence electrons. The molecule has 5 heteroatoms. The fraction of sp³-hybridized carbons (Fsp3) is 0.0909. The SMILES string of the molecule is COc1cccc(-c2cnc(N)c(I)n2)c1. The minimum atomic E-state index is 0.451. The zero-order valence-electron chi connectivity index (χ0n) is 8.64. The van der Waals surface area contributed by atoms with Crippen LogP contribution >= 0.6 is 22.6 Å². The number of nitrogen functional groups attached to an aromatic ring is 1. The summed E-state index contributed by atoms with van der Waals surface area (Å²) in [6, 6.07) is 7.67. The molecule has 2 aromatic rings. The number of hydrogen-bond acceptors (Lipinski definition) is 4. The van der Waals surface area contributed by atoms with Crippen molar-refractivity contribution >= 4 is 28.4 Å². The van der Waals surface area contributed by atoms with Gasteiger partial charge in [0, 0.05) is 5.56 Å². The van der Waals surface area contributed by atoms with Crippen LogP contribution < -0.4 is 10.5 Å². The van der Waals surface area contributed by atoms with E-state index >= 15 is 0 Å². The van der Waals surface area contributed by atoms with Gasteiger partial charge in [0.15, 0.2) is 5.82 Å². The molecule has 0 saturated heterocycles. The summed E-state index contributed by atoms with van der Waals surface area (Å²) in [4.78, 5) is 8.44. The van der Waals surface area contributed by atoms with Gasteiger partial charge in [-0.25, -0.2) is 9.97 Å². The van der Waals surface area contributed by atoms with Crippen molar-refractivity contribution in [3.8, 4) is 17.0 Å². The van der Waals surface area contributed by atoms with E-state index in [-0.39, 0.29) is 0 Å². The molecule has 1 aromatic heterocycles. The lowest BCUT2D eigenvalue weighted by molar-refractivity contribution is 0.415. The van der Waals surface area contributed by atoms with Crippen molar-refractivity contribution in [2.75, 3.05) is 12.8 Å². The summed E-state index contributed by atoms with van der Waals surface area (Å²) in [7, 11) is 1.64. The van der Waals surface area contributed by atoms with Gasteiger partial charge in [0.05, 0.1) is 19.0 Å². The van der Waals surface area contributed by atoms with E-state index in [0.717, 1.165) is 17.0 Å². The lowest BCUT2D eigenvalue weighted by Crippen LogP contribution is -1.98. The maximum atomic E-state index is 5.62. The van der Waals surface area contributed by atoms with Crippen LogP contribution in [-0.2, 0) is 0 Å². The number of anilines is 1. The second-order valence-electron chi connectivity index (χ2n) is 3.16. The van der Waals surface area contributed by atoms with Crippen molar-refractivity contribution in [1.29, 1.82) is 0 Å². The van der Waals surface area contributed by atoms with Crippen LogP contribution in [0.3, 0.4) is 0 Å². The van der Waals surface area contributed by atoms with Crippen LogP contribution in [0.4, 0.5) is 5.82 Å². The number of hydrogen-bond donors (Lipinski definition) is 1. The van der Waals surface area contributed by atoms with E-state index in [0.29, 0.717) is 9.52 Å². The van der Waals surface area contributed by atoms with Crippen molar-refractivity contribution in [2.45, 2.75) is 0 Å². The van der Waals surface area contributed by atoms with E-state index in [1.54, 1.807) is 13.3 Å². The van der Waals surface area contributed by atoms with E-state index in [2.05, 4.69) is 32.6 Å². The molecule has 4 nitrogen and oxygen atoms in total. The zero-order chi connectivity index (χ0) is 11.5. The third kappa shape index (κ3) is 2.24. The molecule has 0 radical (unpaired) electrons. The number of nitrogens with two attached hydrogens (primary N) is 1. The van der Waals surface area contributed by atoms with Gasteiger partial charge in [-0.15, -0.1) is 0 Å². The van der Waals surface area contributed by atoms with Crippen molar-refractivity contribution in [2.24, 2.45) is 0 Å². The first-order chi connectivity index (χ1) is 7.70. The summed E-state index contributed by atoms with van der Waals surface area (Å²) in [6.45, 7) is 0. The predicted octanol–water partition coefficient (Wildman–Crippen LogP) is 2.34. The highest BCUT2D eigenvalue weighted by atomic mass is 127. The summed E-state index contributed by atoms with van der Waals surface area (Å²) in [6.07, 6.45) is 1.66. The van der Waals surface area contributed by atoms with E-state index in [4.69, 9.17) is 10.5 Å². The summed E-state index contributed by atoms with van der Waals surface area (Å²) in [5.74, 6) is 1.25. The highest BCUT2D eigenvalue weighted by molar-refractivity contribution is 14.1. The van der Waals surface area contributed by atoms with Crippen LogP contribution in [0.1, 0.15) is 0 Å². The van der Waals surface area contributed by atoms with E-state index in [9.17, 15) is 0 Å². The molecule has 0 amide bonds. The number of nitrogens with zero attached hydrogens (tertiary/aromatic N) is 2. The van der Waals surface area contributed by atoms with Gasteiger partial charge in [-0.3, -0.25) is 0 Å². The molecule has 0 aliphatic carbocycles.